The predicted octanol–water partition coefficient (Wildman–Crippen LogP) is 3.25. The third kappa shape index (κ3) is 3.05. The van der Waals surface area contributed by atoms with E-state index in [2.05, 4.69) is 15.5 Å². The highest BCUT2D eigenvalue weighted by molar-refractivity contribution is 5.95. The number of furan rings is 1. The second kappa shape index (κ2) is 6.27. The molecule has 0 spiro atoms. The van der Waals surface area contributed by atoms with Crippen LogP contribution in [0.3, 0.4) is 0 Å². The van der Waals surface area contributed by atoms with Gasteiger partial charge in [-0.15, -0.1) is 0 Å². The van der Waals surface area contributed by atoms with Crippen molar-refractivity contribution in [2.24, 2.45) is 0 Å². The molecule has 0 aliphatic rings. The number of aromatic nitrogens is 2. The number of nitrogens with one attached hydrogen (secondary N) is 1. The van der Waals surface area contributed by atoms with Crippen molar-refractivity contribution in [3.8, 4) is 0 Å². The first-order valence-electron chi connectivity index (χ1n) is 7.38. The molecule has 0 saturated heterocycles. The first-order valence-corrected chi connectivity index (χ1v) is 7.38. The third-order valence-electron chi connectivity index (χ3n) is 3.58. The van der Waals surface area contributed by atoms with Crippen LogP contribution in [0.4, 0.5) is 4.39 Å². The van der Waals surface area contributed by atoms with E-state index in [1.54, 1.807) is 45.0 Å². The number of nitrogens with zero attached hydrogens (tertiary/aromatic N) is 2. The van der Waals surface area contributed by atoms with Gasteiger partial charge in [-0.25, -0.2) is 4.39 Å². The quantitative estimate of drug-likeness (QED) is 0.794. The number of hydrogen-bond donors (Lipinski definition) is 1. The van der Waals surface area contributed by atoms with Crippen LogP contribution in [0.5, 0.6) is 0 Å². The van der Waals surface area contributed by atoms with Crippen LogP contribution in [0.1, 0.15) is 45.2 Å². The van der Waals surface area contributed by atoms with Crippen molar-refractivity contribution >= 4 is 5.91 Å². The van der Waals surface area contributed by atoms with Crippen LogP contribution in [-0.4, -0.2) is 16.0 Å². The van der Waals surface area contributed by atoms with E-state index < -0.39 is 17.8 Å². The van der Waals surface area contributed by atoms with Crippen LogP contribution in [-0.2, 0) is 0 Å². The van der Waals surface area contributed by atoms with Crippen molar-refractivity contribution in [1.82, 2.24) is 15.5 Å². The Morgan fingerprint density at radius 2 is 2.00 bits per heavy atom. The van der Waals surface area contributed by atoms with Gasteiger partial charge in [0.15, 0.2) is 5.82 Å². The third-order valence-corrected chi connectivity index (χ3v) is 3.58. The van der Waals surface area contributed by atoms with Crippen LogP contribution < -0.4 is 5.32 Å². The fourth-order valence-corrected chi connectivity index (χ4v) is 2.49. The second-order valence-corrected chi connectivity index (χ2v) is 5.43. The molecule has 0 unspecified atom stereocenters. The number of aryl methyl sites for hydroxylation is 3. The molecule has 2 aromatic heterocycles. The smallest absolute Gasteiger partial charge is 0.255 e. The van der Waals surface area contributed by atoms with Crippen LogP contribution in [0, 0.1) is 26.6 Å². The lowest BCUT2D eigenvalue weighted by Gasteiger charge is -2.16. The number of rotatable bonds is 4. The minimum Gasteiger partial charge on any atom is -0.466 e. The summed E-state index contributed by atoms with van der Waals surface area (Å²) < 4.78 is 24.6. The lowest BCUT2D eigenvalue weighted by molar-refractivity contribution is 0.0939. The van der Waals surface area contributed by atoms with Crippen molar-refractivity contribution in [1.29, 1.82) is 0 Å². The Bertz CT molecular complexity index is 885. The molecule has 7 heteroatoms. The maximum Gasteiger partial charge on any atom is 0.255 e. The lowest BCUT2D eigenvalue weighted by atomic mass is 10.0. The Labute approximate surface area is 137 Å². The molecule has 124 valence electrons. The molecule has 3 rings (SSSR count). The summed E-state index contributed by atoms with van der Waals surface area (Å²) in [5.41, 5.74) is 0.638. The summed E-state index contributed by atoms with van der Waals surface area (Å²) in [6.45, 7) is 5.07. The lowest BCUT2D eigenvalue weighted by Crippen LogP contribution is -2.30. The molecule has 0 aliphatic carbocycles. The van der Waals surface area contributed by atoms with Gasteiger partial charge in [-0.05, 0) is 26.0 Å². The van der Waals surface area contributed by atoms with Gasteiger partial charge in [-0.1, -0.05) is 23.4 Å². The number of carbonyl (C=O) groups excluding carboxylic acids is 1. The zero-order valence-electron chi connectivity index (χ0n) is 13.5. The molecule has 0 bridgehead atoms. The Hall–Kier alpha value is -2.96. The van der Waals surface area contributed by atoms with E-state index >= 15 is 0 Å². The number of amides is 1. The Morgan fingerprint density at radius 1 is 1.25 bits per heavy atom. The van der Waals surface area contributed by atoms with E-state index in [0.29, 0.717) is 23.0 Å². The molecule has 1 amide bonds. The van der Waals surface area contributed by atoms with Crippen molar-refractivity contribution in [3.05, 3.63) is 70.5 Å². The zero-order valence-corrected chi connectivity index (χ0v) is 13.5. The summed E-state index contributed by atoms with van der Waals surface area (Å²) in [6.07, 6.45) is 0. The van der Waals surface area contributed by atoms with Gasteiger partial charge in [0.05, 0.1) is 5.56 Å². The summed E-state index contributed by atoms with van der Waals surface area (Å²) in [5.74, 6) is 0.752. The van der Waals surface area contributed by atoms with E-state index in [1.165, 1.54) is 6.07 Å². The molecule has 0 saturated carbocycles. The fraction of sp³-hybridized carbons (Fsp3) is 0.235. The first-order chi connectivity index (χ1) is 11.5. The summed E-state index contributed by atoms with van der Waals surface area (Å²) in [7, 11) is 0. The minimum absolute atomic E-state index is 0.184. The highest BCUT2D eigenvalue weighted by Crippen LogP contribution is 2.24. The van der Waals surface area contributed by atoms with Gasteiger partial charge in [0.2, 0.25) is 5.89 Å². The first kappa shape index (κ1) is 15.9. The number of hydrogen-bond acceptors (Lipinski definition) is 5. The molecule has 0 radical (unpaired) electrons. The van der Waals surface area contributed by atoms with E-state index in [1.807, 2.05) is 0 Å². The monoisotopic (exact) mass is 329 g/mol. The summed E-state index contributed by atoms with van der Waals surface area (Å²) in [6, 6.07) is 6.89. The van der Waals surface area contributed by atoms with Crippen molar-refractivity contribution in [3.63, 3.8) is 0 Å². The van der Waals surface area contributed by atoms with Crippen LogP contribution >= 0.6 is 0 Å². The molecule has 1 aromatic carbocycles. The van der Waals surface area contributed by atoms with Crippen molar-refractivity contribution < 1.29 is 18.1 Å². The van der Waals surface area contributed by atoms with Gasteiger partial charge in [-0.3, -0.25) is 4.79 Å². The molecule has 1 atom stereocenters. The van der Waals surface area contributed by atoms with Gasteiger partial charge < -0.3 is 14.3 Å². The number of benzene rings is 1. The van der Waals surface area contributed by atoms with Crippen molar-refractivity contribution in [2.75, 3.05) is 0 Å². The Morgan fingerprint density at radius 3 is 2.58 bits per heavy atom. The molecular formula is C17H16FN3O3. The van der Waals surface area contributed by atoms with Crippen molar-refractivity contribution in [2.45, 2.75) is 26.8 Å². The van der Waals surface area contributed by atoms with Gasteiger partial charge in [0, 0.05) is 12.5 Å². The summed E-state index contributed by atoms with van der Waals surface area (Å²) >= 11 is 0. The van der Waals surface area contributed by atoms with E-state index in [4.69, 9.17) is 8.94 Å². The summed E-state index contributed by atoms with van der Waals surface area (Å²) in [4.78, 5) is 16.7. The average molecular weight is 329 g/mol. The summed E-state index contributed by atoms with van der Waals surface area (Å²) in [5, 5.41) is 6.57. The molecule has 3 aromatic rings. The fourth-order valence-electron chi connectivity index (χ4n) is 2.49. The predicted molar refractivity (Wildman–Crippen MR) is 82.9 cm³/mol. The van der Waals surface area contributed by atoms with Crippen LogP contribution in [0.25, 0.3) is 0 Å². The molecule has 1 N–H and O–H groups in total. The molecule has 0 fully saturated rings. The average Bonchev–Trinajstić information content (AvgIpc) is 3.11. The number of halogens is 1. The van der Waals surface area contributed by atoms with Crippen LogP contribution in [0.15, 0.2) is 39.3 Å². The highest BCUT2D eigenvalue weighted by Gasteiger charge is 2.26. The SMILES string of the molecule is Cc1cc(C(=O)N[C@@H](c2noc(C)n2)c2ccccc2F)c(C)o1. The minimum atomic E-state index is -0.870. The largest absolute Gasteiger partial charge is 0.466 e. The van der Waals surface area contributed by atoms with Gasteiger partial charge >= 0.3 is 0 Å². The van der Waals surface area contributed by atoms with E-state index in [0.717, 1.165) is 0 Å². The topological polar surface area (TPSA) is 81.2 Å². The Kier molecular flexibility index (Phi) is 4.16. The zero-order chi connectivity index (χ0) is 17.3. The maximum atomic E-state index is 14.2. The normalized spacial score (nSPS) is 12.2. The van der Waals surface area contributed by atoms with Gasteiger partial charge in [0.1, 0.15) is 23.4 Å². The molecule has 2 heterocycles. The second-order valence-electron chi connectivity index (χ2n) is 5.43. The Balaban J connectivity index is 1.98. The maximum absolute atomic E-state index is 14.2. The highest BCUT2D eigenvalue weighted by atomic mass is 19.1. The van der Waals surface area contributed by atoms with E-state index in [9.17, 15) is 9.18 Å². The molecule has 24 heavy (non-hydrogen) atoms. The molecule has 6 nitrogen and oxygen atoms in total. The van der Waals surface area contributed by atoms with Crippen LogP contribution in [0.2, 0.25) is 0 Å². The molecular weight excluding hydrogens is 313 g/mol. The van der Waals surface area contributed by atoms with Gasteiger partial charge in [-0.2, -0.15) is 4.98 Å². The van der Waals surface area contributed by atoms with E-state index in [-0.39, 0.29) is 11.4 Å². The number of carbonyl (C=O) groups is 1. The standard InChI is InChI=1S/C17H16FN3O3/c1-9-8-13(10(2)23-9)17(22)20-15(16-19-11(3)24-21-16)12-6-4-5-7-14(12)18/h4-8,15H,1-3H3,(H,20,22)/t15-/m1/s1. The van der Waals surface area contributed by atoms with Gasteiger partial charge in [0.25, 0.3) is 5.91 Å². The molecule has 0 aliphatic heterocycles.